The van der Waals surface area contributed by atoms with Crippen LogP contribution in [0.1, 0.15) is 28.8 Å². The Bertz CT molecular complexity index is 647. The number of rotatable bonds is 2. The van der Waals surface area contributed by atoms with E-state index < -0.39 is 17.8 Å². The molecule has 2 fully saturated rings. The molecule has 0 spiro atoms. The SMILES string of the molecule is CN(C)[C@@H]1C[C@@H]2CN(C(=O)c3cccc(C(F)(F)F)c3)C[C@@H]2C[C@H]1O. The van der Waals surface area contributed by atoms with Crippen LogP contribution < -0.4 is 0 Å². The van der Waals surface area contributed by atoms with Crippen molar-refractivity contribution in [3.63, 3.8) is 0 Å². The van der Waals surface area contributed by atoms with Gasteiger partial charge in [0.1, 0.15) is 0 Å². The van der Waals surface area contributed by atoms with Gasteiger partial charge in [-0.25, -0.2) is 0 Å². The largest absolute Gasteiger partial charge is 0.416 e. The van der Waals surface area contributed by atoms with Crippen LogP contribution in [0.25, 0.3) is 0 Å². The summed E-state index contributed by atoms with van der Waals surface area (Å²) in [4.78, 5) is 16.3. The Kier molecular flexibility index (Phi) is 4.81. The maximum Gasteiger partial charge on any atom is 0.416 e. The minimum absolute atomic E-state index is 0.0601. The number of aliphatic hydroxyl groups excluding tert-OH is 1. The van der Waals surface area contributed by atoms with Crippen molar-refractivity contribution in [2.75, 3.05) is 27.2 Å². The molecule has 0 unspecified atom stereocenters. The van der Waals surface area contributed by atoms with E-state index in [2.05, 4.69) is 0 Å². The Labute approximate surface area is 145 Å². The number of carbonyl (C=O) groups excluding carboxylic acids is 1. The third kappa shape index (κ3) is 3.67. The summed E-state index contributed by atoms with van der Waals surface area (Å²) in [6, 6.07) is 4.65. The number of hydrogen-bond acceptors (Lipinski definition) is 3. The zero-order valence-corrected chi connectivity index (χ0v) is 14.3. The quantitative estimate of drug-likeness (QED) is 0.885. The second-order valence-electron chi connectivity index (χ2n) is 7.38. The minimum Gasteiger partial charge on any atom is -0.391 e. The maximum atomic E-state index is 12.9. The highest BCUT2D eigenvalue weighted by Gasteiger charge is 2.43. The Morgan fingerprint density at radius 1 is 1.20 bits per heavy atom. The van der Waals surface area contributed by atoms with Crippen LogP contribution in [0.2, 0.25) is 0 Å². The zero-order valence-electron chi connectivity index (χ0n) is 14.3. The number of nitrogens with zero attached hydrogens (tertiary/aromatic N) is 2. The third-order valence-corrected chi connectivity index (χ3v) is 5.50. The van der Waals surface area contributed by atoms with E-state index in [1.165, 1.54) is 12.1 Å². The van der Waals surface area contributed by atoms with Gasteiger partial charge < -0.3 is 14.9 Å². The first kappa shape index (κ1) is 18.2. The first-order valence-electron chi connectivity index (χ1n) is 8.48. The topological polar surface area (TPSA) is 43.8 Å². The zero-order chi connectivity index (χ0) is 18.4. The summed E-state index contributed by atoms with van der Waals surface area (Å²) in [6.45, 7) is 1.04. The Morgan fingerprint density at radius 3 is 2.44 bits per heavy atom. The summed E-state index contributed by atoms with van der Waals surface area (Å²) < 4.78 is 38.6. The molecular formula is C18H23F3N2O2. The molecule has 1 aliphatic heterocycles. The number of carbonyl (C=O) groups is 1. The molecular weight excluding hydrogens is 333 g/mol. The fraction of sp³-hybridized carbons (Fsp3) is 0.611. The molecule has 1 aromatic rings. The van der Waals surface area contributed by atoms with Gasteiger partial charge in [-0.1, -0.05) is 6.07 Å². The molecule has 1 aromatic carbocycles. The van der Waals surface area contributed by atoms with Crippen molar-refractivity contribution >= 4 is 5.91 Å². The fourth-order valence-corrected chi connectivity index (χ4v) is 4.14. The Morgan fingerprint density at radius 2 is 1.84 bits per heavy atom. The smallest absolute Gasteiger partial charge is 0.391 e. The molecule has 7 heteroatoms. The van der Waals surface area contributed by atoms with E-state index in [-0.39, 0.29) is 29.3 Å². The lowest BCUT2D eigenvalue weighted by atomic mass is 9.77. The summed E-state index contributed by atoms with van der Waals surface area (Å²) in [7, 11) is 3.85. The molecule has 3 rings (SSSR count). The molecule has 0 radical (unpaired) electrons. The highest BCUT2D eigenvalue weighted by atomic mass is 19.4. The minimum atomic E-state index is -4.46. The second-order valence-corrected chi connectivity index (χ2v) is 7.38. The van der Waals surface area contributed by atoms with Gasteiger partial charge in [0, 0.05) is 24.7 Å². The Balaban J connectivity index is 1.73. The van der Waals surface area contributed by atoms with Crippen molar-refractivity contribution in [3.05, 3.63) is 35.4 Å². The van der Waals surface area contributed by atoms with E-state index in [1.54, 1.807) is 4.90 Å². The normalized spacial score (nSPS) is 29.8. The van der Waals surface area contributed by atoms with E-state index >= 15 is 0 Å². The average molecular weight is 356 g/mol. The molecule has 1 N–H and O–H groups in total. The molecule has 2 aliphatic rings. The Hall–Kier alpha value is -1.60. The predicted octanol–water partition coefficient (Wildman–Crippen LogP) is 2.48. The van der Waals surface area contributed by atoms with E-state index in [1.807, 2.05) is 19.0 Å². The van der Waals surface area contributed by atoms with E-state index in [9.17, 15) is 23.1 Å². The summed E-state index contributed by atoms with van der Waals surface area (Å²) in [5.41, 5.74) is -0.740. The molecule has 1 heterocycles. The first-order valence-corrected chi connectivity index (χ1v) is 8.48. The summed E-state index contributed by atoms with van der Waals surface area (Å²) >= 11 is 0. The van der Waals surface area contributed by atoms with Gasteiger partial charge in [-0.15, -0.1) is 0 Å². The standard InChI is InChI=1S/C18H23F3N2O2/c1-22(2)15-7-12-9-23(10-13(12)8-16(15)24)17(25)11-4-3-5-14(6-11)18(19,20)21/h3-6,12-13,15-16,24H,7-10H2,1-2H3/t12-,13+,15-,16-/m1/s1. The number of benzene rings is 1. The van der Waals surface area contributed by atoms with Crippen molar-refractivity contribution in [2.45, 2.75) is 31.2 Å². The maximum absolute atomic E-state index is 12.9. The third-order valence-electron chi connectivity index (χ3n) is 5.50. The lowest BCUT2D eigenvalue weighted by Gasteiger charge is -2.38. The van der Waals surface area contributed by atoms with Gasteiger partial charge in [0.15, 0.2) is 0 Å². The molecule has 0 aromatic heterocycles. The van der Waals surface area contributed by atoms with E-state index in [0.717, 1.165) is 18.6 Å². The molecule has 1 saturated carbocycles. The van der Waals surface area contributed by atoms with Crippen molar-refractivity contribution < 1.29 is 23.1 Å². The van der Waals surface area contributed by atoms with Crippen LogP contribution in [0.4, 0.5) is 13.2 Å². The van der Waals surface area contributed by atoms with Crippen LogP contribution in [0.3, 0.4) is 0 Å². The molecule has 138 valence electrons. The van der Waals surface area contributed by atoms with E-state index in [0.29, 0.717) is 19.5 Å². The van der Waals surface area contributed by atoms with Gasteiger partial charge in [0.05, 0.1) is 11.7 Å². The number of fused-ring (bicyclic) bond motifs is 1. The van der Waals surface area contributed by atoms with Gasteiger partial charge in [0.2, 0.25) is 0 Å². The van der Waals surface area contributed by atoms with Crippen LogP contribution in [0.5, 0.6) is 0 Å². The van der Waals surface area contributed by atoms with Gasteiger partial charge >= 0.3 is 6.18 Å². The van der Waals surface area contributed by atoms with Crippen molar-refractivity contribution in [1.82, 2.24) is 9.80 Å². The number of likely N-dealkylation sites (tertiary alicyclic amines) is 1. The summed E-state index contributed by atoms with van der Waals surface area (Å²) in [5, 5.41) is 10.3. The van der Waals surface area contributed by atoms with Gasteiger partial charge in [-0.2, -0.15) is 13.2 Å². The number of likely N-dealkylation sites (N-methyl/N-ethyl adjacent to an activating group) is 1. The molecule has 4 nitrogen and oxygen atoms in total. The van der Waals surface area contributed by atoms with Crippen LogP contribution in [-0.2, 0) is 6.18 Å². The number of hydrogen-bond donors (Lipinski definition) is 1. The van der Waals surface area contributed by atoms with Gasteiger partial charge in [0.25, 0.3) is 5.91 Å². The van der Waals surface area contributed by atoms with Crippen LogP contribution in [0, 0.1) is 11.8 Å². The van der Waals surface area contributed by atoms with Crippen LogP contribution in [-0.4, -0.2) is 60.1 Å². The monoisotopic (exact) mass is 356 g/mol. The highest BCUT2D eigenvalue weighted by Crippen LogP contribution is 2.38. The molecule has 0 bridgehead atoms. The van der Waals surface area contributed by atoms with Gasteiger partial charge in [-0.05, 0) is 57.0 Å². The number of halogens is 3. The molecule has 1 saturated heterocycles. The van der Waals surface area contributed by atoms with Crippen molar-refractivity contribution in [3.8, 4) is 0 Å². The number of amides is 1. The predicted molar refractivity (Wildman–Crippen MR) is 87.0 cm³/mol. The number of alkyl halides is 3. The number of aliphatic hydroxyl groups is 1. The molecule has 4 atom stereocenters. The summed E-state index contributed by atoms with van der Waals surface area (Å²) in [5.74, 6) is 0.128. The van der Waals surface area contributed by atoms with Crippen LogP contribution >= 0.6 is 0 Å². The van der Waals surface area contributed by atoms with Crippen molar-refractivity contribution in [2.24, 2.45) is 11.8 Å². The van der Waals surface area contributed by atoms with Gasteiger partial charge in [-0.3, -0.25) is 4.79 Å². The molecule has 1 amide bonds. The molecule has 25 heavy (non-hydrogen) atoms. The lowest BCUT2D eigenvalue weighted by Crippen LogP contribution is -2.46. The fourth-order valence-electron chi connectivity index (χ4n) is 4.14. The summed E-state index contributed by atoms with van der Waals surface area (Å²) in [6.07, 6.45) is -3.47. The van der Waals surface area contributed by atoms with Crippen LogP contribution in [0.15, 0.2) is 24.3 Å². The molecule has 1 aliphatic carbocycles. The van der Waals surface area contributed by atoms with Crippen molar-refractivity contribution in [1.29, 1.82) is 0 Å². The highest BCUT2D eigenvalue weighted by molar-refractivity contribution is 5.94. The van der Waals surface area contributed by atoms with E-state index in [4.69, 9.17) is 0 Å². The second kappa shape index (κ2) is 6.61. The first-order chi connectivity index (χ1) is 11.7. The lowest BCUT2D eigenvalue weighted by molar-refractivity contribution is -0.137. The average Bonchev–Trinajstić information content (AvgIpc) is 2.95.